The van der Waals surface area contributed by atoms with Crippen molar-refractivity contribution in [3.63, 3.8) is 0 Å². The number of thioether (sulfide) groups is 1. The van der Waals surface area contributed by atoms with Crippen LogP contribution in [-0.2, 0) is 9.59 Å². The molecule has 0 unspecified atom stereocenters. The molecular weight excluding hydrogens is 208 g/mol. The van der Waals surface area contributed by atoms with E-state index < -0.39 is 24.0 Å². The third-order valence-corrected chi connectivity index (χ3v) is 2.71. The van der Waals surface area contributed by atoms with Gasteiger partial charge < -0.3 is 21.3 Å². The molecule has 0 aliphatic rings. The van der Waals surface area contributed by atoms with Crippen molar-refractivity contribution in [1.29, 1.82) is 0 Å². The fourth-order valence-electron chi connectivity index (χ4n) is 0.662. The Bertz CT molecular complexity index is 212. The second kappa shape index (κ2) is 6.63. The molecule has 2 atom stereocenters. The predicted molar refractivity (Wildman–Crippen MR) is 53.4 cm³/mol. The van der Waals surface area contributed by atoms with E-state index in [4.69, 9.17) is 15.9 Å². The highest BCUT2D eigenvalue weighted by atomic mass is 32.2. The van der Waals surface area contributed by atoms with E-state index in [9.17, 15) is 9.59 Å². The fraction of sp³-hybridized carbons (Fsp3) is 0.714. The van der Waals surface area contributed by atoms with Crippen LogP contribution in [0.1, 0.15) is 0 Å². The van der Waals surface area contributed by atoms with Crippen molar-refractivity contribution in [3.05, 3.63) is 0 Å². The molecule has 0 spiro atoms. The molecule has 0 aromatic carbocycles. The summed E-state index contributed by atoms with van der Waals surface area (Å²) < 4.78 is 0. The maximum Gasteiger partial charge on any atom is 0.321 e. The molecule has 0 saturated carbocycles. The van der Waals surface area contributed by atoms with Gasteiger partial charge in [-0.25, -0.2) is 0 Å². The number of carboxylic acid groups (broad SMARTS) is 2. The Kier molecular flexibility index (Phi) is 6.26. The second-order valence-corrected chi connectivity index (χ2v) is 3.74. The van der Waals surface area contributed by atoms with E-state index in [1.165, 1.54) is 18.8 Å². The molecule has 0 amide bonds. The Morgan fingerprint density at radius 1 is 1.36 bits per heavy atom. The molecule has 0 bridgehead atoms. The Labute approximate surface area is 85.9 Å². The van der Waals surface area contributed by atoms with Crippen LogP contribution in [0.25, 0.3) is 0 Å². The van der Waals surface area contributed by atoms with Crippen molar-refractivity contribution in [2.45, 2.75) is 12.1 Å². The third kappa shape index (κ3) is 5.05. The van der Waals surface area contributed by atoms with Gasteiger partial charge in [0.05, 0.1) is 0 Å². The summed E-state index contributed by atoms with van der Waals surface area (Å²) in [6.45, 7) is 0. The second-order valence-electron chi connectivity index (χ2n) is 2.66. The van der Waals surface area contributed by atoms with Crippen LogP contribution in [-0.4, -0.2) is 52.8 Å². The fourth-order valence-corrected chi connectivity index (χ4v) is 1.74. The molecule has 0 aliphatic heterocycles. The smallest absolute Gasteiger partial charge is 0.321 e. The molecular formula is C7H14N2O4S. The molecule has 5 N–H and O–H groups in total. The molecule has 0 aliphatic carbocycles. The molecule has 0 radical (unpaired) electrons. The minimum atomic E-state index is -1.08. The number of nitrogens with two attached hydrogens (primary N) is 1. The molecule has 7 heteroatoms. The number of likely N-dealkylation sites (N-methyl/N-ethyl adjacent to an activating group) is 1. The lowest BCUT2D eigenvalue weighted by Gasteiger charge is -2.11. The van der Waals surface area contributed by atoms with Gasteiger partial charge in [0.25, 0.3) is 0 Å². The Morgan fingerprint density at radius 2 is 1.93 bits per heavy atom. The first-order chi connectivity index (χ1) is 6.49. The molecule has 14 heavy (non-hydrogen) atoms. The van der Waals surface area contributed by atoms with Crippen LogP contribution in [0, 0.1) is 0 Å². The van der Waals surface area contributed by atoms with Gasteiger partial charge in [0.1, 0.15) is 12.1 Å². The minimum absolute atomic E-state index is 0.209. The number of hydrogen-bond donors (Lipinski definition) is 4. The summed E-state index contributed by atoms with van der Waals surface area (Å²) in [6.07, 6.45) is 0. The van der Waals surface area contributed by atoms with Gasteiger partial charge in [-0.1, -0.05) is 0 Å². The number of aliphatic carboxylic acids is 2. The maximum absolute atomic E-state index is 10.5. The SMILES string of the molecule is CN[C@@H](CSC[C@H](N)C(=O)O)C(=O)O. The normalized spacial score (nSPS) is 14.7. The molecule has 0 heterocycles. The summed E-state index contributed by atoms with van der Waals surface area (Å²) in [6, 6.07) is -1.60. The first-order valence-corrected chi connectivity index (χ1v) is 5.10. The van der Waals surface area contributed by atoms with Crippen molar-refractivity contribution < 1.29 is 19.8 Å². The van der Waals surface area contributed by atoms with Gasteiger partial charge in [-0.05, 0) is 7.05 Å². The molecule has 0 rings (SSSR count). The molecule has 82 valence electrons. The summed E-state index contributed by atoms with van der Waals surface area (Å²) in [5, 5.41) is 19.7. The van der Waals surface area contributed by atoms with Gasteiger partial charge in [0, 0.05) is 11.5 Å². The van der Waals surface area contributed by atoms with Crippen molar-refractivity contribution in [2.75, 3.05) is 18.6 Å². The summed E-state index contributed by atoms with van der Waals surface area (Å²) in [5.74, 6) is -1.52. The van der Waals surface area contributed by atoms with Crippen molar-refractivity contribution in [2.24, 2.45) is 5.73 Å². The molecule has 6 nitrogen and oxygen atoms in total. The zero-order valence-electron chi connectivity index (χ0n) is 7.77. The monoisotopic (exact) mass is 222 g/mol. The zero-order chi connectivity index (χ0) is 11.1. The number of hydrogen-bond acceptors (Lipinski definition) is 5. The van der Waals surface area contributed by atoms with E-state index in [0.717, 1.165) is 0 Å². The van der Waals surface area contributed by atoms with E-state index in [-0.39, 0.29) is 5.75 Å². The lowest BCUT2D eigenvalue weighted by atomic mass is 10.3. The predicted octanol–water partition coefficient (Wildman–Crippen LogP) is -1.20. The topological polar surface area (TPSA) is 113 Å². The van der Waals surface area contributed by atoms with Crippen LogP contribution in [0.5, 0.6) is 0 Å². The third-order valence-electron chi connectivity index (χ3n) is 1.55. The zero-order valence-corrected chi connectivity index (χ0v) is 8.58. The van der Waals surface area contributed by atoms with E-state index in [1.54, 1.807) is 0 Å². The summed E-state index contributed by atoms with van der Waals surface area (Å²) in [7, 11) is 1.54. The van der Waals surface area contributed by atoms with E-state index in [0.29, 0.717) is 5.75 Å². The van der Waals surface area contributed by atoms with E-state index in [1.807, 2.05) is 0 Å². The maximum atomic E-state index is 10.5. The average molecular weight is 222 g/mol. The van der Waals surface area contributed by atoms with Gasteiger partial charge in [-0.2, -0.15) is 11.8 Å². The highest BCUT2D eigenvalue weighted by molar-refractivity contribution is 7.99. The van der Waals surface area contributed by atoms with Crippen LogP contribution in [0.3, 0.4) is 0 Å². The van der Waals surface area contributed by atoms with Crippen LogP contribution in [0.15, 0.2) is 0 Å². The first-order valence-electron chi connectivity index (χ1n) is 3.95. The summed E-state index contributed by atoms with van der Waals surface area (Å²) in [4.78, 5) is 20.8. The average Bonchev–Trinajstić information content (AvgIpc) is 2.11. The molecule has 0 saturated heterocycles. The Morgan fingerprint density at radius 3 is 2.29 bits per heavy atom. The van der Waals surface area contributed by atoms with Crippen LogP contribution < -0.4 is 11.1 Å². The number of carbonyl (C=O) groups is 2. The van der Waals surface area contributed by atoms with Crippen molar-refractivity contribution >= 4 is 23.7 Å². The van der Waals surface area contributed by atoms with Gasteiger partial charge >= 0.3 is 11.9 Å². The summed E-state index contributed by atoms with van der Waals surface area (Å²) >= 11 is 1.20. The lowest BCUT2D eigenvalue weighted by Crippen LogP contribution is -2.38. The number of carboxylic acids is 2. The van der Waals surface area contributed by atoms with E-state index in [2.05, 4.69) is 5.32 Å². The Hall–Kier alpha value is -0.790. The van der Waals surface area contributed by atoms with Crippen LogP contribution in [0.2, 0.25) is 0 Å². The molecule has 0 fully saturated rings. The lowest BCUT2D eigenvalue weighted by molar-refractivity contribution is -0.139. The van der Waals surface area contributed by atoms with Crippen molar-refractivity contribution in [1.82, 2.24) is 5.32 Å². The van der Waals surface area contributed by atoms with E-state index >= 15 is 0 Å². The van der Waals surface area contributed by atoms with Gasteiger partial charge in [0.15, 0.2) is 0 Å². The Balaban J connectivity index is 3.71. The number of rotatable bonds is 7. The standard InChI is InChI=1S/C7H14N2O4S/c1-9-5(7(12)13)3-14-2-4(8)6(10)11/h4-5,9H,2-3,8H2,1H3,(H,10,11)(H,12,13)/t4-,5-/m0/s1. The molecule has 0 aromatic heterocycles. The van der Waals surface area contributed by atoms with Crippen LogP contribution in [0.4, 0.5) is 0 Å². The first kappa shape index (κ1) is 13.2. The van der Waals surface area contributed by atoms with Gasteiger partial charge in [0.2, 0.25) is 0 Å². The van der Waals surface area contributed by atoms with Crippen LogP contribution >= 0.6 is 11.8 Å². The highest BCUT2D eigenvalue weighted by Crippen LogP contribution is 2.04. The number of nitrogens with one attached hydrogen (secondary N) is 1. The van der Waals surface area contributed by atoms with Gasteiger partial charge in [-0.15, -0.1) is 0 Å². The summed E-state index contributed by atoms with van der Waals surface area (Å²) in [5.41, 5.74) is 5.23. The molecule has 0 aromatic rings. The van der Waals surface area contributed by atoms with Gasteiger partial charge in [-0.3, -0.25) is 9.59 Å². The largest absolute Gasteiger partial charge is 0.480 e. The van der Waals surface area contributed by atoms with Crippen molar-refractivity contribution in [3.8, 4) is 0 Å². The minimum Gasteiger partial charge on any atom is -0.480 e. The quantitative estimate of drug-likeness (QED) is 0.428. The highest BCUT2D eigenvalue weighted by Gasteiger charge is 2.17.